The standard InChI is InChI=1S/C33H26BClFN7/c34-33(24-7-9-25(36)10-8-24,30-19-43(42-41-30)27-11-12-27)40-26-14-28-31(23(16-37)18-39-32(28)29(35)15-26)38-17-20-5-6-21-3-1-2-4-22(21)13-20/h1-10,13-15,18-19,27,40-42H,11-12,17H2,(H,38,39). The molecule has 1 aliphatic heterocycles. The summed E-state index contributed by atoms with van der Waals surface area (Å²) >= 11 is 6.79. The molecule has 2 aliphatic rings. The van der Waals surface area contributed by atoms with E-state index in [0.717, 1.165) is 29.2 Å². The third-order valence-corrected chi connectivity index (χ3v) is 8.21. The largest absolute Gasteiger partial charge is 0.379 e. The van der Waals surface area contributed by atoms with Crippen LogP contribution in [0.5, 0.6) is 0 Å². The molecule has 210 valence electrons. The average molecular weight is 586 g/mol. The first-order valence-electron chi connectivity index (χ1n) is 14.0. The number of hydrogen-bond donors (Lipinski definition) is 4. The van der Waals surface area contributed by atoms with Crippen molar-refractivity contribution in [3.05, 3.63) is 124 Å². The third-order valence-electron chi connectivity index (χ3n) is 7.92. The second kappa shape index (κ2) is 10.8. The molecule has 43 heavy (non-hydrogen) atoms. The van der Waals surface area contributed by atoms with E-state index < -0.39 is 5.44 Å². The third kappa shape index (κ3) is 5.20. The second-order valence-electron chi connectivity index (χ2n) is 10.9. The molecular weight excluding hydrogens is 560 g/mol. The van der Waals surface area contributed by atoms with Crippen molar-refractivity contribution in [3.63, 3.8) is 0 Å². The molecule has 2 radical (unpaired) electrons. The van der Waals surface area contributed by atoms with Crippen LogP contribution in [0.15, 0.2) is 97.0 Å². The molecule has 7 rings (SSSR count). The minimum absolute atomic E-state index is 0.358. The summed E-state index contributed by atoms with van der Waals surface area (Å²) in [7, 11) is 7.10. The molecule has 0 saturated heterocycles. The van der Waals surface area contributed by atoms with E-state index in [1.807, 2.05) is 29.4 Å². The number of hydrazine groups is 2. The van der Waals surface area contributed by atoms with Gasteiger partial charge in [0.2, 0.25) is 0 Å². The number of fused-ring (bicyclic) bond motifs is 2. The summed E-state index contributed by atoms with van der Waals surface area (Å²) in [6, 6.07) is 26.8. The highest BCUT2D eigenvalue weighted by atomic mass is 35.5. The number of hydrogen-bond acceptors (Lipinski definition) is 7. The molecule has 1 fully saturated rings. The molecule has 1 aliphatic carbocycles. The molecule has 4 N–H and O–H groups in total. The van der Waals surface area contributed by atoms with E-state index in [-0.39, 0.29) is 5.82 Å². The maximum atomic E-state index is 13.9. The Morgan fingerprint density at radius 2 is 1.86 bits per heavy atom. The van der Waals surface area contributed by atoms with Crippen LogP contribution in [0.1, 0.15) is 29.5 Å². The zero-order valence-corrected chi connectivity index (χ0v) is 23.8. The fraction of sp³-hybridized carbons (Fsp3) is 0.152. The molecule has 10 heteroatoms. The van der Waals surface area contributed by atoms with Gasteiger partial charge in [-0.1, -0.05) is 60.1 Å². The van der Waals surface area contributed by atoms with Gasteiger partial charge in [0.05, 0.1) is 32.9 Å². The molecule has 2 heterocycles. The van der Waals surface area contributed by atoms with Gasteiger partial charge in [-0.25, -0.2) is 4.39 Å². The summed E-state index contributed by atoms with van der Waals surface area (Å²) in [5, 5.41) is 22.2. The molecule has 0 amide bonds. The number of aromatic nitrogens is 1. The van der Waals surface area contributed by atoms with Gasteiger partial charge in [0, 0.05) is 36.1 Å². The van der Waals surface area contributed by atoms with Crippen molar-refractivity contribution < 1.29 is 4.39 Å². The maximum absolute atomic E-state index is 13.9. The van der Waals surface area contributed by atoms with Crippen LogP contribution in [0.4, 0.5) is 15.8 Å². The summed E-state index contributed by atoms with van der Waals surface area (Å²) < 4.78 is 13.9. The Bertz CT molecular complexity index is 1940. The van der Waals surface area contributed by atoms with Crippen LogP contribution in [-0.4, -0.2) is 23.9 Å². The first-order valence-corrected chi connectivity index (χ1v) is 14.4. The van der Waals surface area contributed by atoms with Gasteiger partial charge in [0.15, 0.2) is 0 Å². The molecule has 0 spiro atoms. The molecule has 7 nitrogen and oxygen atoms in total. The molecular formula is C33H26BClFN7. The van der Waals surface area contributed by atoms with Gasteiger partial charge in [-0.15, -0.1) is 5.53 Å². The predicted octanol–water partition coefficient (Wildman–Crippen LogP) is 6.43. The lowest BCUT2D eigenvalue weighted by molar-refractivity contribution is 0.260. The van der Waals surface area contributed by atoms with Crippen LogP contribution in [0, 0.1) is 17.1 Å². The fourth-order valence-electron chi connectivity index (χ4n) is 5.46. The zero-order chi connectivity index (χ0) is 29.6. The quantitative estimate of drug-likeness (QED) is 0.156. The Kier molecular flexibility index (Phi) is 6.81. The van der Waals surface area contributed by atoms with Gasteiger partial charge in [0.25, 0.3) is 0 Å². The van der Waals surface area contributed by atoms with Crippen LogP contribution in [0.3, 0.4) is 0 Å². The Morgan fingerprint density at radius 3 is 2.63 bits per heavy atom. The number of halogens is 2. The maximum Gasteiger partial charge on any atom is 0.123 e. The van der Waals surface area contributed by atoms with Crippen LogP contribution in [0.25, 0.3) is 21.7 Å². The molecule has 5 aromatic rings. The van der Waals surface area contributed by atoms with E-state index in [1.54, 1.807) is 18.2 Å². The van der Waals surface area contributed by atoms with Gasteiger partial charge in [-0.2, -0.15) is 5.26 Å². The summed E-state index contributed by atoms with van der Waals surface area (Å²) in [5.41, 5.74) is 9.60. The Hall–Kier alpha value is -4.78. The first kappa shape index (κ1) is 27.1. The summed E-state index contributed by atoms with van der Waals surface area (Å²) in [5.74, 6) is -0.358. The van der Waals surface area contributed by atoms with E-state index >= 15 is 0 Å². The summed E-state index contributed by atoms with van der Waals surface area (Å²) in [6.45, 7) is 0.490. The van der Waals surface area contributed by atoms with Crippen molar-refractivity contribution in [1.82, 2.24) is 21.0 Å². The van der Waals surface area contributed by atoms with Gasteiger partial charge in [-0.3, -0.25) is 9.99 Å². The summed E-state index contributed by atoms with van der Waals surface area (Å²) in [6.07, 6.45) is 5.64. The molecule has 0 bridgehead atoms. The minimum atomic E-state index is -1.28. The average Bonchev–Trinajstić information content (AvgIpc) is 3.75. The lowest BCUT2D eigenvalue weighted by atomic mass is 9.69. The van der Waals surface area contributed by atoms with Crippen molar-refractivity contribution in [1.29, 1.82) is 5.26 Å². The predicted molar refractivity (Wildman–Crippen MR) is 169 cm³/mol. The highest BCUT2D eigenvalue weighted by Crippen LogP contribution is 2.38. The number of benzene rings is 4. The van der Waals surface area contributed by atoms with E-state index in [9.17, 15) is 9.65 Å². The van der Waals surface area contributed by atoms with Crippen molar-refractivity contribution >= 4 is 52.5 Å². The molecule has 1 unspecified atom stereocenters. The van der Waals surface area contributed by atoms with Gasteiger partial charge in [-0.05, 0) is 65.1 Å². The Morgan fingerprint density at radius 1 is 1.07 bits per heavy atom. The van der Waals surface area contributed by atoms with E-state index in [4.69, 9.17) is 19.4 Å². The lowest BCUT2D eigenvalue weighted by Crippen LogP contribution is -2.45. The number of anilines is 2. The fourth-order valence-corrected chi connectivity index (χ4v) is 5.73. The van der Waals surface area contributed by atoms with Crippen LogP contribution in [-0.2, 0) is 12.0 Å². The van der Waals surface area contributed by atoms with E-state index in [2.05, 4.69) is 63.0 Å². The van der Waals surface area contributed by atoms with Gasteiger partial charge >= 0.3 is 0 Å². The van der Waals surface area contributed by atoms with Crippen molar-refractivity contribution in [3.8, 4) is 6.07 Å². The number of nitrogens with one attached hydrogen (secondary N) is 4. The van der Waals surface area contributed by atoms with Crippen molar-refractivity contribution in [2.75, 3.05) is 10.6 Å². The minimum Gasteiger partial charge on any atom is -0.379 e. The van der Waals surface area contributed by atoms with E-state index in [0.29, 0.717) is 56.7 Å². The first-order chi connectivity index (χ1) is 20.9. The van der Waals surface area contributed by atoms with E-state index in [1.165, 1.54) is 18.3 Å². The Balaban J connectivity index is 1.27. The monoisotopic (exact) mass is 585 g/mol. The number of rotatable bonds is 8. The van der Waals surface area contributed by atoms with Crippen LogP contribution in [0.2, 0.25) is 5.02 Å². The van der Waals surface area contributed by atoms with Gasteiger partial charge < -0.3 is 16.1 Å². The van der Waals surface area contributed by atoms with Crippen LogP contribution < -0.4 is 21.6 Å². The lowest BCUT2D eigenvalue weighted by Gasteiger charge is -2.34. The normalized spacial score (nSPS) is 15.9. The highest BCUT2D eigenvalue weighted by molar-refractivity contribution is 6.36. The number of pyridine rings is 1. The molecule has 1 atom stereocenters. The zero-order valence-electron chi connectivity index (χ0n) is 23.0. The van der Waals surface area contributed by atoms with Crippen LogP contribution >= 0.6 is 11.6 Å². The second-order valence-corrected chi connectivity index (χ2v) is 11.3. The molecule has 4 aromatic carbocycles. The number of nitriles is 1. The molecule has 1 saturated carbocycles. The molecule has 1 aromatic heterocycles. The number of nitrogens with zero attached hydrogens (tertiary/aromatic N) is 3. The summed E-state index contributed by atoms with van der Waals surface area (Å²) in [4.78, 5) is 4.49. The smallest absolute Gasteiger partial charge is 0.123 e. The SMILES string of the molecule is [B]C(Nc1cc(Cl)c2ncc(C#N)c(NCc3ccc4ccccc4c3)c2c1)(C1=CN(C2CC2)NN1)c1ccc(F)cc1. The highest BCUT2D eigenvalue weighted by Gasteiger charge is 2.37. The van der Waals surface area contributed by atoms with Gasteiger partial charge in [0.1, 0.15) is 19.7 Å². The topological polar surface area (TPSA) is 88.0 Å². The Labute approximate surface area is 254 Å². The van der Waals surface area contributed by atoms with Crippen molar-refractivity contribution in [2.24, 2.45) is 0 Å². The van der Waals surface area contributed by atoms with Crippen molar-refractivity contribution in [2.45, 2.75) is 30.9 Å².